The van der Waals surface area contributed by atoms with Crippen LogP contribution < -0.4 is 15.5 Å². The quantitative estimate of drug-likeness (QED) is 0.290. The van der Waals surface area contributed by atoms with Crippen LogP contribution in [0.1, 0.15) is 55.1 Å². The number of likely N-dealkylation sites (tertiary alicyclic amines) is 1. The molecule has 4 rings (SSSR count). The summed E-state index contributed by atoms with van der Waals surface area (Å²) in [4.78, 5) is 30.6. The van der Waals surface area contributed by atoms with Gasteiger partial charge in [0.25, 0.3) is 5.91 Å². The molecule has 0 saturated carbocycles. The number of carbonyl (C=O) groups excluding carboxylic acids is 2. The van der Waals surface area contributed by atoms with Gasteiger partial charge in [-0.1, -0.05) is 42.6 Å². The highest BCUT2D eigenvalue weighted by molar-refractivity contribution is 6.39. The second kappa shape index (κ2) is 12.9. The van der Waals surface area contributed by atoms with E-state index in [1.54, 1.807) is 36.6 Å². The van der Waals surface area contributed by atoms with Gasteiger partial charge in [-0.2, -0.15) is 0 Å². The minimum absolute atomic E-state index is 0.0335. The molecule has 2 heterocycles. The summed E-state index contributed by atoms with van der Waals surface area (Å²) in [5, 5.41) is 6.20. The molecule has 196 valence electrons. The third-order valence-electron chi connectivity index (χ3n) is 6.38. The third kappa shape index (κ3) is 6.99. The lowest BCUT2D eigenvalue weighted by Gasteiger charge is -2.31. The Morgan fingerprint density at radius 2 is 1.76 bits per heavy atom. The van der Waals surface area contributed by atoms with Crippen LogP contribution in [0.15, 0.2) is 59.2 Å². The van der Waals surface area contributed by atoms with E-state index >= 15 is 0 Å². The topological polar surface area (TPSA) is 77.8 Å². The summed E-state index contributed by atoms with van der Waals surface area (Å²) in [5.74, 6) is 0.791. The molecule has 37 heavy (non-hydrogen) atoms. The number of unbranched alkanes of at least 4 members (excludes halogenated alkanes) is 1. The van der Waals surface area contributed by atoms with Crippen LogP contribution in [-0.4, -0.2) is 36.5 Å². The van der Waals surface area contributed by atoms with Gasteiger partial charge < -0.3 is 24.9 Å². The van der Waals surface area contributed by atoms with Gasteiger partial charge in [0.05, 0.1) is 39.8 Å². The van der Waals surface area contributed by atoms with Crippen molar-refractivity contribution in [3.05, 3.63) is 76.2 Å². The summed E-state index contributed by atoms with van der Waals surface area (Å²) in [6, 6.07) is 13.8. The zero-order valence-electron chi connectivity index (χ0n) is 20.9. The van der Waals surface area contributed by atoms with Crippen LogP contribution in [0.25, 0.3) is 0 Å². The number of amides is 3. The SMILES string of the molecule is CCCCN(Cc1ccco1)c1ccc(NC(=O)Nc2c(Cl)cccc2Cl)cc1C(=O)N1CCCCC1. The summed E-state index contributed by atoms with van der Waals surface area (Å²) < 4.78 is 5.61. The molecular weight excluding hydrogens is 511 g/mol. The molecule has 2 aromatic carbocycles. The maximum Gasteiger partial charge on any atom is 0.323 e. The normalized spacial score (nSPS) is 13.3. The average Bonchev–Trinajstić information content (AvgIpc) is 3.42. The fourth-order valence-corrected chi connectivity index (χ4v) is 4.94. The van der Waals surface area contributed by atoms with E-state index < -0.39 is 6.03 Å². The molecule has 1 saturated heterocycles. The van der Waals surface area contributed by atoms with Crippen molar-refractivity contribution in [3.63, 3.8) is 0 Å². The van der Waals surface area contributed by atoms with Gasteiger partial charge in [0.15, 0.2) is 0 Å². The number of rotatable bonds is 9. The van der Waals surface area contributed by atoms with Crippen molar-refractivity contribution in [2.75, 3.05) is 35.2 Å². The first-order chi connectivity index (χ1) is 18.0. The number of hydrogen-bond acceptors (Lipinski definition) is 4. The van der Waals surface area contributed by atoms with Crippen LogP contribution in [0.5, 0.6) is 0 Å². The average molecular weight is 543 g/mol. The zero-order chi connectivity index (χ0) is 26.2. The molecule has 3 amide bonds. The summed E-state index contributed by atoms with van der Waals surface area (Å²) in [6.07, 6.45) is 6.76. The van der Waals surface area contributed by atoms with E-state index in [0.717, 1.165) is 63.2 Å². The van der Waals surface area contributed by atoms with E-state index in [1.807, 2.05) is 23.1 Å². The number of furan rings is 1. The molecule has 2 N–H and O–H groups in total. The van der Waals surface area contributed by atoms with E-state index in [0.29, 0.717) is 33.5 Å². The highest BCUT2D eigenvalue weighted by Crippen LogP contribution is 2.31. The van der Waals surface area contributed by atoms with E-state index in [4.69, 9.17) is 27.6 Å². The Morgan fingerprint density at radius 3 is 2.43 bits per heavy atom. The van der Waals surface area contributed by atoms with Crippen molar-refractivity contribution in [2.45, 2.75) is 45.6 Å². The van der Waals surface area contributed by atoms with Crippen molar-refractivity contribution in [3.8, 4) is 0 Å². The highest BCUT2D eigenvalue weighted by atomic mass is 35.5. The number of halogens is 2. The monoisotopic (exact) mass is 542 g/mol. The van der Waals surface area contributed by atoms with Crippen molar-refractivity contribution in [1.82, 2.24) is 4.90 Å². The Balaban J connectivity index is 1.63. The Bertz CT molecular complexity index is 1190. The number of anilines is 3. The summed E-state index contributed by atoms with van der Waals surface area (Å²) in [7, 11) is 0. The van der Waals surface area contributed by atoms with Crippen molar-refractivity contribution < 1.29 is 14.0 Å². The van der Waals surface area contributed by atoms with E-state index in [9.17, 15) is 9.59 Å². The molecule has 0 spiro atoms. The fraction of sp³-hybridized carbons (Fsp3) is 0.357. The van der Waals surface area contributed by atoms with Crippen LogP contribution >= 0.6 is 23.2 Å². The van der Waals surface area contributed by atoms with Gasteiger partial charge in [-0.15, -0.1) is 0 Å². The number of piperidine rings is 1. The third-order valence-corrected chi connectivity index (χ3v) is 7.01. The molecule has 0 unspecified atom stereocenters. The van der Waals surface area contributed by atoms with Gasteiger partial charge in [0.2, 0.25) is 0 Å². The summed E-state index contributed by atoms with van der Waals surface area (Å²) >= 11 is 12.4. The molecule has 0 bridgehead atoms. The molecule has 1 aliphatic rings. The predicted octanol–water partition coefficient (Wildman–Crippen LogP) is 7.66. The lowest BCUT2D eigenvalue weighted by atomic mass is 10.1. The van der Waals surface area contributed by atoms with Gasteiger partial charge in [-0.3, -0.25) is 4.79 Å². The van der Waals surface area contributed by atoms with E-state index in [-0.39, 0.29) is 5.91 Å². The van der Waals surface area contributed by atoms with Crippen LogP contribution in [-0.2, 0) is 6.54 Å². The lowest BCUT2D eigenvalue weighted by Crippen LogP contribution is -2.37. The number of para-hydroxylation sites is 1. The first-order valence-electron chi connectivity index (χ1n) is 12.7. The Kier molecular flexibility index (Phi) is 9.36. The first-order valence-corrected chi connectivity index (χ1v) is 13.4. The minimum Gasteiger partial charge on any atom is -0.467 e. The zero-order valence-corrected chi connectivity index (χ0v) is 22.4. The molecule has 1 aliphatic heterocycles. The second-order valence-corrected chi connectivity index (χ2v) is 9.93. The molecule has 0 radical (unpaired) electrons. The van der Waals surface area contributed by atoms with Crippen molar-refractivity contribution >= 4 is 52.2 Å². The van der Waals surface area contributed by atoms with Crippen molar-refractivity contribution in [2.24, 2.45) is 0 Å². The van der Waals surface area contributed by atoms with Crippen LogP contribution in [0.3, 0.4) is 0 Å². The van der Waals surface area contributed by atoms with Gasteiger partial charge in [0, 0.05) is 25.3 Å². The van der Waals surface area contributed by atoms with Gasteiger partial charge >= 0.3 is 6.03 Å². The molecule has 7 nitrogen and oxygen atoms in total. The number of carbonyl (C=O) groups is 2. The Labute approximate surface area is 227 Å². The Morgan fingerprint density at radius 1 is 1.00 bits per heavy atom. The summed E-state index contributed by atoms with van der Waals surface area (Å²) in [6.45, 7) is 4.92. The molecule has 3 aromatic rings. The van der Waals surface area contributed by atoms with Crippen molar-refractivity contribution in [1.29, 1.82) is 0 Å². The van der Waals surface area contributed by atoms with Crippen LogP contribution in [0, 0.1) is 0 Å². The highest BCUT2D eigenvalue weighted by Gasteiger charge is 2.24. The van der Waals surface area contributed by atoms with Gasteiger partial charge in [-0.25, -0.2) is 4.79 Å². The number of urea groups is 1. The standard InChI is InChI=1S/C28H32Cl2N4O3/c1-2-3-14-34(19-21-9-8-17-37-21)25-13-12-20(18-22(25)27(35)33-15-5-4-6-16-33)31-28(36)32-26-23(29)10-7-11-24(26)30/h7-13,17-18H,2-6,14-16,19H2,1H3,(H2,31,32,36). The maximum atomic E-state index is 13.7. The second-order valence-electron chi connectivity index (χ2n) is 9.12. The summed E-state index contributed by atoms with van der Waals surface area (Å²) in [5.41, 5.74) is 2.20. The van der Waals surface area contributed by atoms with Crippen LogP contribution in [0.2, 0.25) is 10.0 Å². The molecule has 9 heteroatoms. The molecule has 1 aromatic heterocycles. The molecular formula is C28H32Cl2N4O3. The smallest absolute Gasteiger partial charge is 0.323 e. The molecule has 0 aliphatic carbocycles. The van der Waals surface area contributed by atoms with E-state index in [1.165, 1.54) is 0 Å². The number of nitrogens with one attached hydrogen (secondary N) is 2. The first kappa shape index (κ1) is 26.9. The van der Waals surface area contributed by atoms with Crippen LogP contribution in [0.4, 0.5) is 21.9 Å². The van der Waals surface area contributed by atoms with E-state index in [2.05, 4.69) is 22.5 Å². The molecule has 1 fully saturated rings. The molecule has 0 atom stereocenters. The lowest BCUT2D eigenvalue weighted by molar-refractivity contribution is 0.0725. The maximum absolute atomic E-state index is 13.7. The fourth-order valence-electron chi connectivity index (χ4n) is 4.45. The number of nitrogens with zero attached hydrogens (tertiary/aromatic N) is 2. The number of hydrogen-bond donors (Lipinski definition) is 2. The predicted molar refractivity (Wildman–Crippen MR) is 150 cm³/mol. The largest absolute Gasteiger partial charge is 0.467 e. The van der Waals surface area contributed by atoms with Gasteiger partial charge in [0.1, 0.15) is 5.76 Å². The van der Waals surface area contributed by atoms with Gasteiger partial charge in [-0.05, 0) is 68.1 Å². The Hall–Kier alpha value is -3.16. The minimum atomic E-state index is -0.502. The number of benzene rings is 2.